The number of hydrogen-bond donors (Lipinski definition) is 6. The number of nitrogens with one attached hydrogen (secondary N) is 1. The summed E-state index contributed by atoms with van der Waals surface area (Å²) < 4.78 is 163. The zero-order chi connectivity index (χ0) is 105. The van der Waals surface area contributed by atoms with E-state index in [4.69, 9.17) is 32.1 Å². The molecule has 17 rings (SSSR count). The third-order valence-electron chi connectivity index (χ3n) is 18.5. The fraction of sp³-hybridized carbons (Fsp3) is 0.139. The Morgan fingerprint density at radius 2 is 0.608 bits per heavy atom. The number of aromatic carboxylic acids is 5. The van der Waals surface area contributed by atoms with Gasteiger partial charge in [-0.3, -0.25) is 68.7 Å². The summed E-state index contributed by atoms with van der Waals surface area (Å²) in [6.45, 7) is 22.1. The summed E-state index contributed by atoms with van der Waals surface area (Å²) in [5, 5.41) is 60.0. The van der Waals surface area contributed by atoms with Crippen molar-refractivity contribution in [3.63, 3.8) is 0 Å². The molecule has 0 spiro atoms. The maximum atomic E-state index is 13.8. The van der Waals surface area contributed by atoms with Gasteiger partial charge in [0.05, 0.1) is 6.57 Å². The van der Waals surface area contributed by atoms with Crippen LogP contribution in [0.1, 0.15) is 103 Å². The number of aryl methyl sites for hydroxylation is 12. The predicted molar refractivity (Wildman–Crippen MR) is 495 cm³/mol. The molecule has 6 radical (unpaired) electrons. The van der Waals surface area contributed by atoms with Crippen LogP contribution in [0.15, 0.2) is 219 Å². The normalized spacial score (nSPS) is 9.65. The monoisotopic (exact) mass is 3110 g/mol. The predicted octanol–water partition coefficient (Wildman–Crippen LogP) is 19.7. The molecule has 148 heavy (non-hydrogen) atoms. The summed E-state index contributed by atoms with van der Waals surface area (Å²) in [6, 6.07) is 57.2. The molecule has 0 aliphatic carbocycles. The van der Waals surface area contributed by atoms with Crippen LogP contribution in [0.5, 0.6) is 0 Å². The Morgan fingerprint density at radius 3 is 0.865 bits per heavy atom. The number of carboxylic acid groups (broad SMARTS) is 5. The smallest absolute Gasteiger partial charge is 0.356 e. The van der Waals surface area contributed by atoms with Gasteiger partial charge in [-0.15, -0.1) is 66.2 Å². The van der Waals surface area contributed by atoms with Crippen molar-refractivity contribution in [1.82, 2.24) is 89.3 Å². The Balaban J connectivity index is 0.000000816. The minimum Gasteiger partial charge on any atom is -0.477 e. The molecule has 6 N–H and O–H groups in total. The Bertz CT molecular complexity index is 6760. The van der Waals surface area contributed by atoms with E-state index in [0.717, 1.165) is 105 Å². The molecule has 0 saturated carbocycles. The molecule has 0 aliphatic rings. The van der Waals surface area contributed by atoms with E-state index in [9.17, 15) is 76.7 Å². The zero-order valence-electron chi connectivity index (χ0n) is 79.4. The van der Waals surface area contributed by atoms with E-state index in [0.29, 0.717) is 40.7 Å². The Kier molecular flexibility index (Phi) is 58.4. The number of halogens is 12. The SMILES string of the molecule is CNCc1ccnc(-c2[c-]cc(F)cc2F)c1.Cc1cc(C(=O)O)nn1C.Cc1cc(C(=O)O)nn1C.Cc1cc(C(=O)O)nn1C.Cc1cc(C(=O)O)nn1C.Cc1ccnc(-c2[c-]cc(F)cc2F)c1.Cc1ccnc(-c2[c-]cc(F)nc2F)c1.Cc1ccnc(-c2[c-]cc(F)nc2F)c1.Fc1c[c-]c(-c2ccccn2)c(F)c1.O=C(O)c1ccccn1.[C-]#[N+]c1c(F)c[c-]c(-c2cc(C)ccn2)c1F.[Ir].[Ir].[Ir].[Ir].[Ir].[Ir]. The number of rotatable bonds is 13. The van der Waals surface area contributed by atoms with Crippen molar-refractivity contribution in [1.29, 1.82) is 0 Å². The molecule has 786 valence electrons. The largest absolute Gasteiger partial charge is 0.477 e. The first-order chi connectivity index (χ1) is 67.3. The van der Waals surface area contributed by atoms with Crippen molar-refractivity contribution in [3.8, 4) is 67.5 Å². The van der Waals surface area contributed by atoms with E-state index in [2.05, 4.69) is 112 Å². The molecule has 0 saturated heterocycles. The molecule has 4 aromatic carbocycles. The van der Waals surface area contributed by atoms with Crippen molar-refractivity contribution in [2.45, 2.75) is 61.9 Å². The zero-order valence-corrected chi connectivity index (χ0v) is 93.7. The Morgan fingerprint density at radius 1 is 0.324 bits per heavy atom. The first-order valence-electron chi connectivity index (χ1n) is 41.0. The quantitative estimate of drug-likeness (QED) is 0.0355. The number of benzene rings is 4. The van der Waals surface area contributed by atoms with Gasteiger partial charge in [0.1, 0.15) is 29.5 Å². The van der Waals surface area contributed by atoms with Gasteiger partial charge in [0, 0.05) is 268 Å². The molecule has 13 aromatic heterocycles. The van der Waals surface area contributed by atoms with Gasteiger partial charge in [0.2, 0.25) is 0 Å². The van der Waals surface area contributed by atoms with Crippen molar-refractivity contribution in [3.05, 3.63) is 417 Å². The van der Waals surface area contributed by atoms with Gasteiger partial charge in [-0.05, 0) is 175 Å². The number of carbonyl (C=O) groups is 5. The van der Waals surface area contributed by atoms with Crippen LogP contribution in [-0.4, -0.2) is 146 Å². The fourth-order valence-electron chi connectivity index (χ4n) is 11.1. The summed E-state index contributed by atoms with van der Waals surface area (Å²) in [7, 11) is 8.66. The number of aromatic nitrogens is 17. The first-order valence-corrected chi connectivity index (χ1v) is 41.0. The van der Waals surface area contributed by atoms with Gasteiger partial charge in [0.15, 0.2) is 28.5 Å². The van der Waals surface area contributed by atoms with E-state index in [1.54, 1.807) is 166 Å². The van der Waals surface area contributed by atoms with Gasteiger partial charge in [-0.25, -0.2) is 46.5 Å². The molecule has 0 atom stereocenters. The summed E-state index contributed by atoms with van der Waals surface area (Å²) in [6.07, 6.45) is 10.8. The third-order valence-corrected chi connectivity index (χ3v) is 18.5. The average Bonchev–Trinajstić information content (AvgIpc) is 0.942. The summed E-state index contributed by atoms with van der Waals surface area (Å²) in [4.78, 5) is 87.8. The minimum absolute atomic E-state index is 0. The van der Waals surface area contributed by atoms with Gasteiger partial charge >= 0.3 is 29.8 Å². The van der Waals surface area contributed by atoms with Crippen molar-refractivity contribution >= 4 is 35.5 Å². The molecule has 0 fully saturated rings. The van der Waals surface area contributed by atoms with E-state index in [1.165, 1.54) is 61.5 Å². The molecule has 29 nitrogen and oxygen atoms in total. The van der Waals surface area contributed by atoms with Crippen LogP contribution in [0.25, 0.3) is 72.4 Å². The molecule has 0 aliphatic heterocycles. The molecule has 0 bridgehead atoms. The van der Waals surface area contributed by atoms with E-state index >= 15 is 0 Å². The molecule has 47 heteroatoms. The van der Waals surface area contributed by atoms with Crippen molar-refractivity contribution in [2.75, 3.05) is 7.05 Å². The van der Waals surface area contributed by atoms with E-state index < -0.39 is 106 Å². The van der Waals surface area contributed by atoms with Crippen LogP contribution < -0.4 is 5.32 Å². The number of pyridine rings is 9. The average molecular weight is 3100 g/mol. The third kappa shape index (κ3) is 42.4. The second kappa shape index (κ2) is 65.5. The standard InChI is InChI=1S/C13H7F2N2.C13H11F2N2.C12H8F2N.2C11H7F2N2.C11H6F2N.4C6H8N2O2.C6H5NO2.6Ir/c1-8-5-6-17-11(7-8)9-3-4-10(14)13(16-2)12(9)15;1-16-8-9-4-5-17-13(6-9)11-3-2-10(14)7-12(11)15;1-8-4-5-15-12(6-8)10-3-2-9(13)7-11(10)14;2*1-7-4-5-14-9(6-7)8-2-3-10(12)15-11(8)13;12-8-4-5-9(10(13)7-8)11-3-1-2-6-14-11;4*1-4-3-5(6(9)10)7-8(4)2;8-6(9)5-3-1-2-4-7-5;;;;;;/h4-7H,1H3;2,4-7,16H,8H2,1H3;2,4-7H,1H3;2*3-6H,1H3;1-4,6-7H;4*3H,1-2H3,(H,9,10);1-4H,(H,8,9);;;;;;/q6*-1;;;;;;;;;;;. The number of carboxylic acids is 5. The van der Waals surface area contributed by atoms with Crippen LogP contribution in [-0.2, 0) is 155 Å². The van der Waals surface area contributed by atoms with Gasteiger partial charge < -0.3 is 60.8 Å². The van der Waals surface area contributed by atoms with Crippen LogP contribution in [0.3, 0.4) is 0 Å². The van der Waals surface area contributed by atoms with Gasteiger partial charge in [0.25, 0.3) is 0 Å². The van der Waals surface area contributed by atoms with Gasteiger partial charge in [-0.2, -0.15) is 20.4 Å². The second-order valence-electron chi connectivity index (χ2n) is 29.3. The van der Waals surface area contributed by atoms with E-state index in [1.807, 2.05) is 46.9 Å². The maximum absolute atomic E-state index is 13.8. The Hall–Kier alpha value is -14.1. The summed E-state index contributed by atoms with van der Waals surface area (Å²) >= 11 is 0. The molecular formula is C101H83F12Ir6N19O10-6. The topological polar surface area (TPSA) is 390 Å². The van der Waals surface area contributed by atoms with Crippen LogP contribution in [0.2, 0.25) is 0 Å². The Labute approximate surface area is 921 Å². The summed E-state index contributed by atoms with van der Waals surface area (Å²) in [5.41, 5.74) is 11.2. The molecular weight excluding hydrogens is 3020 g/mol. The van der Waals surface area contributed by atoms with Crippen LogP contribution >= 0.6 is 0 Å². The molecule has 13 heterocycles. The van der Waals surface area contributed by atoms with Gasteiger partial charge in [-0.1, -0.05) is 129 Å². The van der Waals surface area contributed by atoms with Crippen molar-refractivity contribution in [2.24, 2.45) is 28.2 Å². The molecule has 0 amide bonds. The van der Waals surface area contributed by atoms with Crippen LogP contribution in [0.4, 0.5) is 58.4 Å². The van der Waals surface area contributed by atoms with Crippen LogP contribution in [0, 0.1) is 169 Å². The summed E-state index contributed by atoms with van der Waals surface area (Å²) in [5.74, 6) is -14.2. The number of nitrogens with zero attached hydrogens (tertiary/aromatic N) is 18. The fourth-order valence-corrected chi connectivity index (χ4v) is 11.1. The maximum Gasteiger partial charge on any atom is 0.356 e. The molecule has 0 unspecified atom stereocenters. The minimum atomic E-state index is -0.990. The first kappa shape index (κ1) is 132. The second-order valence-corrected chi connectivity index (χ2v) is 29.3. The number of hydrogen-bond acceptors (Lipinski definition) is 19. The van der Waals surface area contributed by atoms with Crippen molar-refractivity contribution < 1.29 is 223 Å². The van der Waals surface area contributed by atoms with E-state index in [-0.39, 0.29) is 182 Å². The molecule has 17 aromatic rings.